The van der Waals surface area contributed by atoms with E-state index in [1.165, 1.54) is 19.3 Å². The zero-order valence-electron chi connectivity index (χ0n) is 17.8. The van der Waals surface area contributed by atoms with Gasteiger partial charge in [-0.2, -0.15) is 5.26 Å². The van der Waals surface area contributed by atoms with Gasteiger partial charge in [0.05, 0.1) is 10.7 Å². The lowest BCUT2D eigenvalue weighted by molar-refractivity contribution is -0.112. The summed E-state index contributed by atoms with van der Waals surface area (Å²) in [7, 11) is 1.48. The van der Waals surface area contributed by atoms with Crippen LogP contribution in [0.3, 0.4) is 0 Å². The number of halogens is 3. The molecule has 168 valence electrons. The summed E-state index contributed by atoms with van der Waals surface area (Å²) < 4.78 is 25.8. The molecule has 0 bridgehead atoms. The number of hydrogen-bond donors (Lipinski definition) is 1. The molecule has 0 aliphatic heterocycles. The molecule has 3 rings (SSSR count). The van der Waals surface area contributed by atoms with Crippen molar-refractivity contribution in [2.45, 2.75) is 13.5 Å². The van der Waals surface area contributed by atoms with Gasteiger partial charge in [0.2, 0.25) is 0 Å². The van der Waals surface area contributed by atoms with Crippen molar-refractivity contribution in [3.63, 3.8) is 0 Å². The van der Waals surface area contributed by atoms with Crippen molar-refractivity contribution in [3.05, 3.63) is 91.3 Å². The molecule has 0 aromatic heterocycles. The van der Waals surface area contributed by atoms with E-state index in [4.69, 9.17) is 21.1 Å². The Balaban J connectivity index is 1.85. The smallest absolute Gasteiger partial charge is 0.266 e. The number of carbonyl (C=O) groups excluding carboxylic acids is 1. The Morgan fingerprint density at radius 1 is 1.24 bits per heavy atom. The molecule has 0 radical (unpaired) electrons. The van der Waals surface area contributed by atoms with Crippen LogP contribution < -0.4 is 14.8 Å². The molecular formula is C25H19ClFIN2O3. The molecule has 0 saturated heterocycles. The average molecular weight is 577 g/mol. The molecule has 1 amide bonds. The molecular weight excluding hydrogens is 558 g/mol. The highest BCUT2D eigenvalue weighted by Crippen LogP contribution is 2.35. The summed E-state index contributed by atoms with van der Waals surface area (Å²) in [5, 5.41) is 12.7. The zero-order valence-corrected chi connectivity index (χ0v) is 20.7. The normalized spacial score (nSPS) is 11.0. The van der Waals surface area contributed by atoms with Crippen LogP contribution in [-0.2, 0) is 11.4 Å². The van der Waals surface area contributed by atoms with Crippen LogP contribution in [0.25, 0.3) is 6.08 Å². The fraction of sp³-hybridized carbons (Fsp3) is 0.120. The summed E-state index contributed by atoms with van der Waals surface area (Å²) in [5.41, 5.74) is 2.24. The number of hydrogen-bond acceptors (Lipinski definition) is 4. The van der Waals surface area contributed by atoms with E-state index in [9.17, 15) is 14.4 Å². The van der Waals surface area contributed by atoms with Gasteiger partial charge in [-0.25, -0.2) is 4.39 Å². The number of aryl methyl sites for hydroxylation is 1. The first-order chi connectivity index (χ1) is 15.8. The van der Waals surface area contributed by atoms with Crippen molar-refractivity contribution in [1.29, 1.82) is 5.26 Å². The molecule has 1 N–H and O–H groups in total. The second kappa shape index (κ2) is 11.2. The number of nitrogens with one attached hydrogen (secondary N) is 1. The molecule has 8 heteroatoms. The third kappa shape index (κ3) is 6.24. The van der Waals surface area contributed by atoms with Crippen molar-refractivity contribution >= 4 is 51.9 Å². The molecule has 3 aromatic carbocycles. The Bertz CT molecular complexity index is 1270. The lowest BCUT2D eigenvalue weighted by atomic mass is 10.1. The standard InChI is InChI=1S/C25H19ClFIN2O3/c1-15-7-8-19(26)12-22(15)30-25(31)18(13-29)9-16-10-21(28)24(23(11-16)32-2)33-14-17-5-3-4-6-20(17)27/h3-12H,14H2,1-2H3,(H,30,31)/b18-9+. The van der Waals surface area contributed by atoms with E-state index in [1.807, 2.05) is 13.0 Å². The SMILES string of the molecule is COc1cc(/C=C(\C#N)C(=O)Nc2cc(Cl)ccc2C)cc(I)c1OCc1ccccc1F. The first-order valence-corrected chi connectivity index (χ1v) is 11.2. The van der Waals surface area contributed by atoms with E-state index in [-0.39, 0.29) is 18.0 Å². The summed E-state index contributed by atoms with van der Waals surface area (Å²) in [6.07, 6.45) is 1.46. The van der Waals surface area contributed by atoms with E-state index in [1.54, 1.807) is 48.5 Å². The minimum Gasteiger partial charge on any atom is -0.493 e. The summed E-state index contributed by atoms with van der Waals surface area (Å²) in [6, 6.07) is 16.8. The van der Waals surface area contributed by atoms with Crippen LogP contribution in [0.1, 0.15) is 16.7 Å². The third-order valence-electron chi connectivity index (χ3n) is 4.71. The maximum atomic E-state index is 13.9. The number of amides is 1. The fourth-order valence-electron chi connectivity index (χ4n) is 2.96. The average Bonchev–Trinajstić information content (AvgIpc) is 2.79. The van der Waals surface area contributed by atoms with Crippen LogP contribution in [0.4, 0.5) is 10.1 Å². The first kappa shape index (κ1) is 24.6. The molecule has 3 aromatic rings. The van der Waals surface area contributed by atoms with Gasteiger partial charge >= 0.3 is 0 Å². The van der Waals surface area contributed by atoms with Gasteiger partial charge in [0.1, 0.15) is 24.1 Å². The highest BCUT2D eigenvalue weighted by molar-refractivity contribution is 14.1. The predicted octanol–water partition coefficient (Wildman–Crippen LogP) is 6.53. The molecule has 0 fully saturated rings. The van der Waals surface area contributed by atoms with Crippen molar-refractivity contribution in [2.24, 2.45) is 0 Å². The van der Waals surface area contributed by atoms with Crippen LogP contribution in [0, 0.1) is 27.6 Å². The van der Waals surface area contributed by atoms with E-state index in [0.29, 0.717) is 36.9 Å². The molecule has 0 spiro atoms. The largest absolute Gasteiger partial charge is 0.493 e. The Labute approximate surface area is 209 Å². The van der Waals surface area contributed by atoms with E-state index >= 15 is 0 Å². The minimum absolute atomic E-state index is 0.0268. The molecule has 5 nitrogen and oxygen atoms in total. The summed E-state index contributed by atoms with van der Waals surface area (Å²) in [6.45, 7) is 1.86. The van der Waals surface area contributed by atoms with Crippen molar-refractivity contribution in [2.75, 3.05) is 12.4 Å². The lowest BCUT2D eigenvalue weighted by Gasteiger charge is -2.14. The van der Waals surface area contributed by atoms with Crippen LogP contribution in [0.15, 0.2) is 60.2 Å². The zero-order chi connectivity index (χ0) is 24.0. The Morgan fingerprint density at radius 3 is 2.70 bits per heavy atom. The summed E-state index contributed by atoms with van der Waals surface area (Å²) in [5.74, 6) is -0.0775. The number of nitriles is 1. The molecule has 0 saturated carbocycles. The summed E-state index contributed by atoms with van der Waals surface area (Å²) >= 11 is 8.07. The monoisotopic (exact) mass is 576 g/mol. The van der Waals surface area contributed by atoms with Gasteiger partial charge in [-0.15, -0.1) is 0 Å². The van der Waals surface area contributed by atoms with E-state index in [2.05, 4.69) is 27.9 Å². The number of ether oxygens (including phenoxy) is 2. The van der Waals surface area contributed by atoms with Crippen LogP contribution >= 0.6 is 34.2 Å². The number of rotatable bonds is 7. The molecule has 0 aliphatic carbocycles. The topological polar surface area (TPSA) is 71.3 Å². The Hall–Kier alpha value is -3.09. The Kier molecular flexibility index (Phi) is 8.31. The molecule has 0 unspecified atom stereocenters. The number of carbonyl (C=O) groups is 1. The molecule has 0 atom stereocenters. The second-order valence-electron chi connectivity index (χ2n) is 7.00. The number of methoxy groups -OCH3 is 1. The van der Waals surface area contributed by atoms with Crippen LogP contribution in [0.5, 0.6) is 11.5 Å². The number of benzene rings is 3. The highest BCUT2D eigenvalue weighted by Gasteiger charge is 2.15. The quantitative estimate of drug-likeness (QED) is 0.197. The van der Waals surface area contributed by atoms with E-state index in [0.717, 1.165) is 5.56 Å². The van der Waals surface area contributed by atoms with E-state index < -0.39 is 5.91 Å². The maximum Gasteiger partial charge on any atom is 0.266 e. The number of anilines is 1. The van der Waals surface area contributed by atoms with Crippen LogP contribution in [0.2, 0.25) is 5.02 Å². The van der Waals surface area contributed by atoms with Gasteiger partial charge in [-0.3, -0.25) is 4.79 Å². The summed E-state index contributed by atoms with van der Waals surface area (Å²) in [4.78, 5) is 12.7. The third-order valence-corrected chi connectivity index (χ3v) is 5.74. The fourth-order valence-corrected chi connectivity index (χ4v) is 3.92. The second-order valence-corrected chi connectivity index (χ2v) is 8.60. The van der Waals surface area contributed by atoms with Crippen molar-refractivity contribution < 1.29 is 18.7 Å². The van der Waals surface area contributed by atoms with Gasteiger partial charge < -0.3 is 14.8 Å². The van der Waals surface area contributed by atoms with Gasteiger partial charge in [0.25, 0.3) is 5.91 Å². The lowest BCUT2D eigenvalue weighted by Crippen LogP contribution is -2.14. The van der Waals surface area contributed by atoms with Gasteiger partial charge in [0, 0.05) is 16.3 Å². The number of nitrogens with zero attached hydrogens (tertiary/aromatic N) is 1. The van der Waals surface area contributed by atoms with Gasteiger partial charge in [-0.05, 0) is 77.0 Å². The van der Waals surface area contributed by atoms with Crippen LogP contribution in [-0.4, -0.2) is 13.0 Å². The Morgan fingerprint density at radius 2 is 2.00 bits per heavy atom. The molecule has 33 heavy (non-hydrogen) atoms. The molecule has 0 heterocycles. The maximum absolute atomic E-state index is 13.9. The highest BCUT2D eigenvalue weighted by atomic mass is 127. The molecule has 0 aliphatic rings. The first-order valence-electron chi connectivity index (χ1n) is 9.75. The van der Waals surface area contributed by atoms with Gasteiger partial charge in [-0.1, -0.05) is 35.9 Å². The van der Waals surface area contributed by atoms with Gasteiger partial charge in [0.15, 0.2) is 11.5 Å². The van der Waals surface area contributed by atoms with Crippen molar-refractivity contribution in [3.8, 4) is 17.6 Å². The predicted molar refractivity (Wildman–Crippen MR) is 135 cm³/mol. The minimum atomic E-state index is -0.559. The van der Waals surface area contributed by atoms with Crippen molar-refractivity contribution in [1.82, 2.24) is 0 Å².